The molecule has 0 bridgehead atoms. The Hall–Kier alpha value is -2.69. The van der Waals surface area contributed by atoms with Crippen LogP contribution in [0.3, 0.4) is 0 Å². The van der Waals surface area contributed by atoms with Gasteiger partial charge in [0.1, 0.15) is 16.1 Å². The maximum absolute atomic E-state index is 12.4. The number of hydrogen-bond donors (Lipinski definition) is 1. The molecule has 5 nitrogen and oxygen atoms in total. The highest BCUT2D eigenvalue weighted by Crippen LogP contribution is 2.37. The molecule has 0 aliphatic heterocycles. The number of aromatic nitrogens is 2. The summed E-state index contributed by atoms with van der Waals surface area (Å²) >= 11 is 2.88. The lowest BCUT2D eigenvalue weighted by atomic mass is 9.96. The van der Waals surface area contributed by atoms with Gasteiger partial charge < -0.3 is 5.32 Å². The van der Waals surface area contributed by atoms with Crippen LogP contribution in [0.2, 0.25) is 0 Å². The molecule has 1 aliphatic rings. The molecule has 0 fully saturated rings. The minimum Gasteiger partial charge on any atom is -0.316 e. The number of rotatable bonds is 5. The van der Waals surface area contributed by atoms with Crippen LogP contribution in [0.25, 0.3) is 11.3 Å². The molecule has 1 N–H and O–H groups in total. The van der Waals surface area contributed by atoms with Crippen LogP contribution in [0.4, 0.5) is 5.00 Å². The first-order valence-corrected chi connectivity index (χ1v) is 10.9. The maximum atomic E-state index is 12.4. The second-order valence-corrected chi connectivity index (χ2v) is 8.59. The van der Waals surface area contributed by atoms with Gasteiger partial charge in [0.2, 0.25) is 5.91 Å². The largest absolute Gasteiger partial charge is 0.316 e. The van der Waals surface area contributed by atoms with Crippen LogP contribution in [0.5, 0.6) is 0 Å². The van der Waals surface area contributed by atoms with E-state index in [0.717, 1.165) is 42.5 Å². The molecule has 1 aliphatic carbocycles. The van der Waals surface area contributed by atoms with Crippen molar-refractivity contribution < 1.29 is 4.79 Å². The fraction of sp³-hybridized carbons (Fsp3) is 0.238. The van der Waals surface area contributed by atoms with E-state index in [2.05, 4.69) is 21.6 Å². The zero-order chi connectivity index (χ0) is 19.3. The summed E-state index contributed by atoms with van der Waals surface area (Å²) in [7, 11) is 0. The highest BCUT2D eigenvalue weighted by Gasteiger charge is 2.21. The first-order valence-electron chi connectivity index (χ1n) is 9.11. The number of aryl methyl sites for hydroxylation is 1. The molecule has 0 unspecified atom stereocenters. The van der Waals surface area contributed by atoms with E-state index in [-0.39, 0.29) is 11.7 Å². The van der Waals surface area contributed by atoms with Gasteiger partial charge >= 0.3 is 0 Å². The molecule has 4 rings (SSSR count). The first kappa shape index (κ1) is 18.7. The van der Waals surface area contributed by atoms with Gasteiger partial charge in [0.25, 0.3) is 0 Å². The molecule has 2 heterocycles. The fourth-order valence-electron chi connectivity index (χ4n) is 3.23. The van der Waals surface area contributed by atoms with Crippen molar-refractivity contribution in [3.8, 4) is 17.3 Å². The van der Waals surface area contributed by atoms with Gasteiger partial charge in [-0.1, -0.05) is 42.1 Å². The number of anilines is 1. The predicted molar refractivity (Wildman–Crippen MR) is 112 cm³/mol. The summed E-state index contributed by atoms with van der Waals surface area (Å²) in [6, 6.07) is 15.9. The van der Waals surface area contributed by atoms with E-state index in [1.807, 2.05) is 42.5 Å². The molecule has 3 aromatic rings. The molecule has 1 amide bonds. The Labute approximate surface area is 171 Å². The molecule has 0 spiro atoms. The van der Waals surface area contributed by atoms with Crippen molar-refractivity contribution in [3.63, 3.8) is 0 Å². The number of carbonyl (C=O) groups is 1. The number of hydrogen-bond acceptors (Lipinski definition) is 6. The smallest absolute Gasteiger partial charge is 0.235 e. The van der Waals surface area contributed by atoms with Crippen LogP contribution < -0.4 is 5.32 Å². The normalized spacial score (nSPS) is 12.8. The van der Waals surface area contributed by atoms with Gasteiger partial charge in [0.15, 0.2) is 0 Å². The monoisotopic (exact) mass is 406 g/mol. The Morgan fingerprint density at radius 3 is 2.71 bits per heavy atom. The third kappa shape index (κ3) is 4.08. The Bertz CT molecular complexity index is 1020. The zero-order valence-electron chi connectivity index (χ0n) is 15.1. The number of carbonyl (C=O) groups excluding carboxylic acids is 1. The molecule has 1 aromatic carbocycles. The average molecular weight is 407 g/mol. The molecule has 0 saturated heterocycles. The van der Waals surface area contributed by atoms with E-state index < -0.39 is 0 Å². The molecule has 0 radical (unpaired) electrons. The lowest BCUT2D eigenvalue weighted by Crippen LogP contribution is -2.14. The van der Waals surface area contributed by atoms with Gasteiger partial charge in [-0.05, 0) is 43.4 Å². The third-order valence-electron chi connectivity index (χ3n) is 4.60. The van der Waals surface area contributed by atoms with E-state index in [4.69, 9.17) is 0 Å². The van der Waals surface area contributed by atoms with Crippen molar-refractivity contribution in [1.82, 2.24) is 10.2 Å². The van der Waals surface area contributed by atoms with Gasteiger partial charge in [0, 0.05) is 10.4 Å². The molecule has 7 heteroatoms. The summed E-state index contributed by atoms with van der Waals surface area (Å²) in [5, 5.41) is 22.2. The quantitative estimate of drug-likeness (QED) is 0.622. The van der Waals surface area contributed by atoms with E-state index in [1.165, 1.54) is 16.6 Å². The van der Waals surface area contributed by atoms with Crippen molar-refractivity contribution in [2.24, 2.45) is 0 Å². The van der Waals surface area contributed by atoms with Crippen LogP contribution >= 0.6 is 23.1 Å². The second kappa shape index (κ2) is 8.55. The van der Waals surface area contributed by atoms with Gasteiger partial charge in [-0.2, -0.15) is 5.26 Å². The SMILES string of the molecule is N#Cc1c(NC(=O)CSc2ccc(-c3ccccc3)nn2)sc2c1CCCC2. The van der Waals surface area contributed by atoms with Crippen molar-refractivity contribution in [3.05, 3.63) is 58.5 Å². The van der Waals surface area contributed by atoms with Gasteiger partial charge in [-0.25, -0.2) is 0 Å². The molecular formula is C21H18N4OS2. The summed E-state index contributed by atoms with van der Waals surface area (Å²) in [5.41, 5.74) is 3.58. The Morgan fingerprint density at radius 1 is 1.14 bits per heavy atom. The van der Waals surface area contributed by atoms with Gasteiger partial charge in [-0.3, -0.25) is 4.79 Å². The molecule has 0 atom stereocenters. The Balaban J connectivity index is 1.37. The van der Waals surface area contributed by atoms with Crippen molar-refractivity contribution in [1.29, 1.82) is 5.26 Å². The molecule has 2 aromatic heterocycles. The number of benzene rings is 1. The molecule has 140 valence electrons. The van der Waals surface area contributed by atoms with Crippen molar-refractivity contribution in [2.75, 3.05) is 11.1 Å². The van der Waals surface area contributed by atoms with Crippen molar-refractivity contribution in [2.45, 2.75) is 30.7 Å². The van der Waals surface area contributed by atoms with Crippen LogP contribution in [0, 0.1) is 11.3 Å². The fourth-order valence-corrected chi connectivity index (χ4v) is 5.10. The molecule has 0 saturated carbocycles. The van der Waals surface area contributed by atoms with Gasteiger partial charge in [-0.15, -0.1) is 21.5 Å². The zero-order valence-corrected chi connectivity index (χ0v) is 16.8. The number of nitrogens with one attached hydrogen (secondary N) is 1. The number of fused-ring (bicyclic) bond motifs is 1. The second-order valence-electron chi connectivity index (χ2n) is 6.49. The number of thiophene rings is 1. The predicted octanol–water partition coefficient (Wildman–Crippen LogP) is 4.69. The summed E-state index contributed by atoms with van der Waals surface area (Å²) in [4.78, 5) is 13.6. The maximum Gasteiger partial charge on any atom is 0.235 e. The first-order chi connectivity index (χ1) is 13.7. The summed E-state index contributed by atoms with van der Waals surface area (Å²) in [6.45, 7) is 0. The lowest BCUT2D eigenvalue weighted by Gasteiger charge is -2.09. The van der Waals surface area contributed by atoms with Gasteiger partial charge in [0.05, 0.1) is 17.0 Å². The third-order valence-corrected chi connectivity index (χ3v) is 6.72. The average Bonchev–Trinajstić information content (AvgIpc) is 3.10. The summed E-state index contributed by atoms with van der Waals surface area (Å²) < 4.78 is 0. The highest BCUT2D eigenvalue weighted by molar-refractivity contribution is 7.99. The number of nitrogens with zero attached hydrogens (tertiary/aromatic N) is 3. The van der Waals surface area contributed by atoms with Crippen LogP contribution in [0.15, 0.2) is 47.5 Å². The molecular weight excluding hydrogens is 388 g/mol. The Kier molecular flexibility index (Phi) is 5.70. The Morgan fingerprint density at radius 2 is 1.96 bits per heavy atom. The van der Waals surface area contributed by atoms with Crippen LogP contribution in [-0.4, -0.2) is 21.9 Å². The van der Waals surface area contributed by atoms with Crippen LogP contribution in [-0.2, 0) is 17.6 Å². The summed E-state index contributed by atoms with van der Waals surface area (Å²) in [5.74, 6) is 0.0984. The van der Waals surface area contributed by atoms with E-state index in [9.17, 15) is 10.1 Å². The van der Waals surface area contributed by atoms with E-state index in [0.29, 0.717) is 15.6 Å². The topological polar surface area (TPSA) is 78.7 Å². The molecule has 28 heavy (non-hydrogen) atoms. The minimum atomic E-state index is -0.131. The standard InChI is InChI=1S/C21H18N4OS2/c22-12-16-15-8-4-5-9-18(15)28-21(16)23-19(26)13-27-20-11-10-17(24-25-20)14-6-2-1-3-7-14/h1-3,6-7,10-11H,4-5,8-9,13H2,(H,23,26). The number of nitriles is 1. The summed E-state index contributed by atoms with van der Waals surface area (Å²) in [6.07, 6.45) is 4.20. The van der Waals surface area contributed by atoms with E-state index in [1.54, 1.807) is 11.3 Å². The minimum absolute atomic E-state index is 0.131. The van der Waals surface area contributed by atoms with Crippen molar-refractivity contribution >= 4 is 34.0 Å². The van der Waals surface area contributed by atoms with E-state index >= 15 is 0 Å². The highest BCUT2D eigenvalue weighted by atomic mass is 32.2. The lowest BCUT2D eigenvalue weighted by molar-refractivity contribution is -0.113. The number of amides is 1. The number of thioether (sulfide) groups is 1. The van der Waals surface area contributed by atoms with Crippen LogP contribution in [0.1, 0.15) is 28.8 Å².